The number of methoxy groups -OCH3 is 1. The predicted molar refractivity (Wildman–Crippen MR) is 123 cm³/mol. The molecule has 2 aromatic rings. The van der Waals surface area contributed by atoms with Gasteiger partial charge in [-0.2, -0.15) is 5.26 Å². The zero-order valence-corrected chi connectivity index (χ0v) is 20.1. The van der Waals surface area contributed by atoms with Gasteiger partial charge in [-0.3, -0.25) is 4.79 Å². The van der Waals surface area contributed by atoms with Crippen LogP contribution in [0.15, 0.2) is 51.8 Å². The Hall–Kier alpha value is -2.41. The summed E-state index contributed by atoms with van der Waals surface area (Å²) in [7, 11) is -2.18. The number of nitrogens with one attached hydrogen (secondary N) is 1. The Morgan fingerprint density at radius 3 is 2.69 bits per heavy atom. The van der Waals surface area contributed by atoms with Crippen molar-refractivity contribution in [3.05, 3.63) is 58.1 Å². The number of carbonyl (C=O) groups is 1. The molecule has 4 rings (SSSR count). The number of nitriles is 1. The molecule has 1 aliphatic carbocycles. The molecular weight excluding hydrogens is 494 g/mol. The van der Waals surface area contributed by atoms with Crippen LogP contribution in [0.3, 0.4) is 0 Å². The Balaban J connectivity index is 1.36. The molecule has 0 bridgehead atoms. The number of amides is 1. The molecule has 2 fully saturated rings. The van der Waals surface area contributed by atoms with Gasteiger partial charge in [0.1, 0.15) is 11.8 Å². The highest BCUT2D eigenvalue weighted by Crippen LogP contribution is 2.54. The van der Waals surface area contributed by atoms with E-state index in [1.54, 1.807) is 19.2 Å². The second-order valence-corrected chi connectivity index (χ2v) is 11.0. The van der Waals surface area contributed by atoms with Crippen molar-refractivity contribution in [3.8, 4) is 11.8 Å². The summed E-state index contributed by atoms with van der Waals surface area (Å²) >= 11 is 3.44. The SMILES string of the molecule is COc1ccc(Br)cc1CC(=O)N1CCC2(CC1)CC2NS(=O)(=O)c1ccccc1C#N. The minimum Gasteiger partial charge on any atom is -0.496 e. The van der Waals surface area contributed by atoms with E-state index in [0.29, 0.717) is 18.8 Å². The summed E-state index contributed by atoms with van der Waals surface area (Å²) in [4.78, 5) is 14.7. The molecule has 1 spiro atoms. The number of piperidine rings is 1. The van der Waals surface area contributed by atoms with Crippen LogP contribution in [0.1, 0.15) is 30.4 Å². The molecule has 2 aromatic carbocycles. The maximum absolute atomic E-state index is 12.9. The van der Waals surface area contributed by atoms with Crippen molar-refractivity contribution in [1.82, 2.24) is 9.62 Å². The molecule has 1 aliphatic heterocycles. The summed E-state index contributed by atoms with van der Waals surface area (Å²) in [5.41, 5.74) is 0.859. The minimum atomic E-state index is -3.77. The first-order valence-corrected chi connectivity index (χ1v) is 12.7. The zero-order chi connectivity index (χ0) is 22.9. The largest absolute Gasteiger partial charge is 0.496 e. The van der Waals surface area contributed by atoms with E-state index in [2.05, 4.69) is 20.7 Å². The second-order valence-electron chi connectivity index (χ2n) is 8.36. The average Bonchev–Trinajstić information content (AvgIpc) is 3.43. The first-order valence-electron chi connectivity index (χ1n) is 10.4. The van der Waals surface area contributed by atoms with Gasteiger partial charge in [0.25, 0.3) is 0 Å². The van der Waals surface area contributed by atoms with E-state index >= 15 is 0 Å². The lowest BCUT2D eigenvalue weighted by molar-refractivity contribution is -0.132. The number of ether oxygens (including phenoxy) is 1. The molecule has 1 saturated carbocycles. The molecule has 1 heterocycles. The van der Waals surface area contributed by atoms with Crippen LogP contribution in [0.2, 0.25) is 0 Å². The lowest BCUT2D eigenvalue weighted by Crippen LogP contribution is -2.42. The maximum atomic E-state index is 12.9. The van der Waals surface area contributed by atoms with Crippen molar-refractivity contribution in [2.75, 3.05) is 20.2 Å². The van der Waals surface area contributed by atoms with E-state index in [0.717, 1.165) is 29.3 Å². The number of hydrogen-bond acceptors (Lipinski definition) is 5. The van der Waals surface area contributed by atoms with Crippen LogP contribution >= 0.6 is 15.9 Å². The number of rotatable bonds is 6. The summed E-state index contributed by atoms with van der Waals surface area (Å²) in [5, 5.41) is 9.22. The molecule has 0 radical (unpaired) electrons. The lowest BCUT2D eigenvalue weighted by atomic mass is 9.92. The third-order valence-electron chi connectivity index (χ3n) is 6.48. The predicted octanol–water partition coefficient (Wildman–Crippen LogP) is 3.23. The number of nitrogens with zero attached hydrogens (tertiary/aromatic N) is 2. The maximum Gasteiger partial charge on any atom is 0.242 e. The smallest absolute Gasteiger partial charge is 0.242 e. The van der Waals surface area contributed by atoms with Gasteiger partial charge in [0.2, 0.25) is 15.9 Å². The standard InChI is InChI=1S/C23H24BrN3O4S/c1-31-19-7-6-18(24)12-17(19)13-22(28)27-10-8-23(9-11-27)14-21(23)26-32(29,30)20-5-3-2-4-16(20)15-25/h2-7,12,21,26H,8-11,13-14H2,1H3. The van der Waals surface area contributed by atoms with Gasteiger partial charge in [0.15, 0.2) is 0 Å². The van der Waals surface area contributed by atoms with Crippen molar-refractivity contribution in [1.29, 1.82) is 5.26 Å². The summed E-state index contributed by atoms with van der Waals surface area (Å²) in [6.45, 7) is 1.20. The van der Waals surface area contributed by atoms with E-state index in [4.69, 9.17) is 4.74 Å². The molecule has 1 atom stereocenters. The lowest BCUT2D eigenvalue weighted by Gasteiger charge is -2.33. The molecule has 1 unspecified atom stereocenters. The second kappa shape index (κ2) is 8.85. The quantitative estimate of drug-likeness (QED) is 0.633. The molecule has 1 amide bonds. The zero-order valence-electron chi connectivity index (χ0n) is 17.7. The third-order valence-corrected chi connectivity index (χ3v) is 8.50. The number of carbonyl (C=O) groups excluding carboxylic acids is 1. The third kappa shape index (κ3) is 4.53. The fraction of sp³-hybridized carbons (Fsp3) is 0.391. The van der Waals surface area contributed by atoms with Gasteiger partial charge in [-0.25, -0.2) is 13.1 Å². The van der Waals surface area contributed by atoms with E-state index in [-0.39, 0.29) is 34.2 Å². The summed E-state index contributed by atoms with van der Waals surface area (Å²) in [5.74, 6) is 0.723. The minimum absolute atomic E-state index is 0.0140. The molecule has 168 valence electrons. The van der Waals surface area contributed by atoms with Gasteiger partial charge >= 0.3 is 0 Å². The molecule has 0 aromatic heterocycles. The van der Waals surface area contributed by atoms with Gasteiger partial charge in [0, 0.05) is 29.2 Å². The van der Waals surface area contributed by atoms with Crippen molar-refractivity contribution >= 4 is 31.9 Å². The Morgan fingerprint density at radius 1 is 1.28 bits per heavy atom. The fourth-order valence-corrected chi connectivity index (χ4v) is 6.38. The summed E-state index contributed by atoms with van der Waals surface area (Å²) < 4.78 is 34.7. The van der Waals surface area contributed by atoms with Crippen LogP contribution in [0.5, 0.6) is 5.75 Å². The highest BCUT2D eigenvalue weighted by molar-refractivity contribution is 9.10. The van der Waals surface area contributed by atoms with E-state index in [1.807, 2.05) is 29.2 Å². The van der Waals surface area contributed by atoms with Gasteiger partial charge < -0.3 is 9.64 Å². The Bertz CT molecular complexity index is 1180. The topological polar surface area (TPSA) is 99.5 Å². The van der Waals surface area contributed by atoms with E-state index in [9.17, 15) is 18.5 Å². The number of halogens is 1. The Kier molecular flexibility index (Phi) is 6.30. The number of likely N-dealkylation sites (tertiary alicyclic amines) is 1. The average molecular weight is 518 g/mol. The van der Waals surface area contributed by atoms with Gasteiger partial charge in [-0.05, 0) is 55.0 Å². The fourth-order valence-electron chi connectivity index (χ4n) is 4.47. The van der Waals surface area contributed by atoms with Crippen LogP contribution < -0.4 is 9.46 Å². The molecular formula is C23H24BrN3O4S. The van der Waals surface area contributed by atoms with E-state index in [1.165, 1.54) is 12.1 Å². The van der Waals surface area contributed by atoms with Gasteiger partial charge in [0.05, 0.1) is 24.0 Å². The number of benzene rings is 2. The van der Waals surface area contributed by atoms with Crippen molar-refractivity contribution in [3.63, 3.8) is 0 Å². The normalized spacial score (nSPS) is 19.4. The molecule has 32 heavy (non-hydrogen) atoms. The molecule has 1 saturated heterocycles. The van der Waals surface area contributed by atoms with Crippen molar-refractivity contribution in [2.45, 2.75) is 36.6 Å². The first kappa shape index (κ1) is 22.8. The van der Waals surface area contributed by atoms with Crippen LogP contribution in [0.25, 0.3) is 0 Å². The van der Waals surface area contributed by atoms with Crippen LogP contribution in [0, 0.1) is 16.7 Å². The number of hydrogen-bond donors (Lipinski definition) is 1. The molecule has 2 aliphatic rings. The van der Waals surface area contributed by atoms with Crippen LogP contribution in [0.4, 0.5) is 0 Å². The Labute approximate surface area is 196 Å². The summed E-state index contributed by atoms with van der Waals surface area (Å²) in [6, 6.07) is 13.6. The van der Waals surface area contributed by atoms with E-state index < -0.39 is 10.0 Å². The first-order chi connectivity index (χ1) is 15.3. The highest BCUT2D eigenvalue weighted by Gasteiger charge is 2.56. The van der Waals surface area contributed by atoms with Crippen LogP contribution in [-0.2, 0) is 21.2 Å². The van der Waals surface area contributed by atoms with Crippen LogP contribution in [-0.4, -0.2) is 45.5 Å². The van der Waals surface area contributed by atoms with Gasteiger partial charge in [-0.1, -0.05) is 28.1 Å². The monoisotopic (exact) mass is 517 g/mol. The highest BCUT2D eigenvalue weighted by atomic mass is 79.9. The summed E-state index contributed by atoms with van der Waals surface area (Å²) in [6.07, 6.45) is 2.52. The van der Waals surface area contributed by atoms with Crippen molar-refractivity contribution < 1.29 is 17.9 Å². The van der Waals surface area contributed by atoms with Crippen molar-refractivity contribution in [2.24, 2.45) is 5.41 Å². The molecule has 1 N–H and O–H groups in total. The van der Waals surface area contributed by atoms with Gasteiger partial charge in [-0.15, -0.1) is 0 Å². The molecule has 7 nitrogen and oxygen atoms in total. The number of sulfonamides is 1. The molecule has 9 heteroatoms. The Morgan fingerprint density at radius 2 is 2.00 bits per heavy atom.